The highest BCUT2D eigenvalue weighted by atomic mass is 32.1. The first-order chi connectivity index (χ1) is 15.2. The molecule has 0 aliphatic rings. The summed E-state index contributed by atoms with van der Waals surface area (Å²) in [4.78, 5) is 6.89. The monoisotopic (exact) mass is 442 g/mol. The highest BCUT2D eigenvalue weighted by Gasteiger charge is 2.11. The van der Waals surface area contributed by atoms with Gasteiger partial charge in [-0.2, -0.15) is 0 Å². The van der Waals surface area contributed by atoms with Crippen molar-refractivity contribution in [1.82, 2.24) is 9.38 Å². The van der Waals surface area contributed by atoms with Gasteiger partial charge in [-0.3, -0.25) is 4.40 Å². The van der Waals surface area contributed by atoms with Gasteiger partial charge >= 0.3 is 0 Å². The second-order valence-electron chi connectivity index (χ2n) is 8.86. The molecule has 0 bridgehead atoms. The van der Waals surface area contributed by atoms with E-state index in [1.165, 1.54) is 76.3 Å². The van der Waals surface area contributed by atoms with Gasteiger partial charge in [0.25, 0.3) is 0 Å². The molecule has 4 heteroatoms. The van der Waals surface area contributed by atoms with Crippen LogP contribution < -0.4 is 0 Å². The fraction of sp³-hybridized carbons (Fsp3) is 0.593. The molecule has 0 saturated heterocycles. The lowest BCUT2D eigenvalue weighted by Gasteiger charge is -2.05. The van der Waals surface area contributed by atoms with Gasteiger partial charge in [0.15, 0.2) is 4.96 Å². The van der Waals surface area contributed by atoms with Crippen LogP contribution in [0.4, 0.5) is 4.39 Å². The number of imidazole rings is 1. The quantitative estimate of drug-likeness (QED) is 0.215. The second-order valence-corrected chi connectivity index (χ2v) is 9.87. The summed E-state index contributed by atoms with van der Waals surface area (Å²) in [7, 11) is 0. The average Bonchev–Trinajstić information content (AvgIpc) is 3.33. The number of nitrogens with zero attached hydrogens (tertiary/aromatic N) is 2. The summed E-state index contributed by atoms with van der Waals surface area (Å²) in [5, 5.41) is 0. The SMILES string of the molecule is CCCCCCCCCc1cn2cc(-c3ccc(CCCCCCC)c(F)c3)sc2n1. The standard InChI is InChI=1S/C27H39FN2S/c1-3-5-7-9-10-12-14-16-24-20-30-21-26(31-27(30)29-24)23-18-17-22(25(28)19-23)15-13-11-8-6-4-2/h17-21H,3-16H2,1-2H3. The first-order valence-electron chi connectivity index (χ1n) is 12.5. The second kappa shape index (κ2) is 13.0. The van der Waals surface area contributed by atoms with E-state index >= 15 is 0 Å². The number of hydrogen-bond acceptors (Lipinski definition) is 2. The van der Waals surface area contributed by atoms with Crippen LogP contribution in [0.15, 0.2) is 30.6 Å². The molecule has 31 heavy (non-hydrogen) atoms. The number of thiazole rings is 1. The number of unbranched alkanes of at least 4 members (excludes halogenated alkanes) is 10. The number of fused-ring (bicyclic) bond motifs is 1. The van der Waals surface area contributed by atoms with Crippen LogP contribution in [0.2, 0.25) is 0 Å². The van der Waals surface area contributed by atoms with Gasteiger partial charge in [0.2, 0.25) is 0 Å². The lowest BCUT2D eigenvalue weighted by molar-refractivity contribution is 0.587. The molecule has 0 saturated carbocycles. The largest absolute Gasteiger partial charge is 0.297 e. The number of halogens is 1. The first kappa shape index (κ1) is 24.0. The smallest absolute Gasteiger partial charge is 0.194 e. The molecule has 2 aromatic heterocycles. The summed E-state index contributed by atoms with van der Waals surface area (Å²) < 4.78 is 16.7. The van der Waals surface area contributed by atoms with Crippen molar-refractivity contribution in [3.8, 4) is 10.4 Å². The van der Waals surface area contributed by atoms with Gasteiger partial charge in [-0.25, -0.2) is 9.37 Å². The van der Waals surface area contributed by atoms with E-state index in [1.807, 2.05) is 6.07 Å². The van der Waals surface area contributed by atoms with Crippen LogP contribution in [0, 0.1) is 5.82 Å². The third-order valence-electron chi connectivity index (χ3n) is 6.13. The van der Waals surface area contributed by atoms with E-state index in [4.69, 9.17) is 4.98 Å². The van der Waals surface area contributed by atoms with Gasteiger partial charge in [-0.05, 0) is 42.9 Å². The Bertz CT molecular complexity index is 880. The maximum absolute atomic E-state index is 14.6. The maximum Gasteiger partial charge on any atom is 0.194 e. The Morgan fingerprint density at radius 3 is 2.10 bits per heavy atom. The van der Waals surface area contributed by atoms with Gasteiger partial charge in [0.05, 0.1) is 10.6 Å². The lowest BCUT2D eigenvalue weighted by Crippen LogP contribution is -1.92. The van der Waals surface area contributed by atoms with Crippen molar-refractivity contribution >= 4 is 16.3 Å². The summed E-state index contributed by atoms with van der Waals surface area (Å²) >= 11 is 1.65. The van der Waals surface area contributed by atoms with Crippen LogP contribution in [0.3, 0.4) is 0 Å². The van der Waals surface area contributed by atoms with Crippen molar-refractivity contribution in [3.05, 3.63) is 47.7 Å². The predicted octanol–water partition coefficient (Wildman–Crippen LogP) is 9.01. The molecule has 3 rings (SSSR count). The molecule has 2 nitrogen and oxygen atoms in total. The van der Waals surface area contributed by atoms with Crippen LogP contribution in [0.1, 0.15) is 102 Å². The molecule has 0 unspecified atom stereocenters. The Kier molecular flexibility index (Phi) is 10.1. The van der Waals surface area contributed by atoms with E-state index in [-0.39, 0.29) is 5.82 Å². The van der Waals surface area contributed by atoms with Crippen molar-refractivity contribution in [2.45, 2.75) is 104 Å². The highest BCUT2D eigenvalue weighted by Crippen LogP contribution is 2.30. The minimum Gasteiger partial charge on any atom is -0.297 e. The van der Waals surface area contributed by atoms with Crippen LogP contribution in [-0.2, 0) is 12.8 Å². The van der Waals surface area contributed by atoms with Crippen molar-refractivity contribution in [1.29, 1.82) is 0 Å². The lowest BCUT2D eigenvalue weighted by atomic mass is 10.0. The van der Waals surface area contributed by atoms with E-state index in [0.717, 1.165) is 40.2 Å². The molecular formula is C27H39FN2S. The van der Waals surface area contributed by atoms with Crippen LogP contribution in [0.25, 0.3) is 15.4 Å². The molecule has 0 aliphatic heterocycles. The first-order valence-corrected chi connectivity index (χ1v) is 13.3. The Balaban J connectivity index is 1.50. The van der Waals surface area contributed by atoms with Crippen molar-refractivity contribution in [2.24, 2.45) is 0 Å². The molecule has 170 valence electrons. The van der Waals surface area contributed by atoms with Crippen molar-refractivity contribution in [2.75, 3.05) is 0 Å². The molecule has 0 spiro atoms. The fourth-order valence-electron chi connectivity index (χ4n) is 4.18. The van der Waals surface area contributed by atoms with Crippen molar-refractivity contribution in [3.63, 3.8) is 0 Å². The Morgan fingerprint density at radius 1 is 0.806 bits per heavy atom. The Labute approximate surface area is 191 Å². The summed E-state index contributed by atoms with van der Waals surface area (Å²) in [5.74, 6) is -0.0707. The summed E-state index contributed by atoms with van der Waals surface area (Å²) in [5.41, 5.74) is 2.98. The third kappa shape index (κ3) is 7.45. The maximum atomic E-state index is 14.6. The zero-order valence-corrected chi connectivity index (χ0v) is 20.3. The molecule has 0 N–H and O–H groups in total. The van der Waals surface area contributed by atoms with E-state index in [2.05, 4.69) is 36.7 Å². The summed E-state index contributed by atoms with van der Waals surface area (Å²) in [6, 6.07) is 5.74. The molecule has 0 atom stereocenters. The van der Waals surface area contributed by atoms with Crippen molar-refractivity contribution < 1.29 is 4.39 Å². The molecule has 1 aromatic carbocycles. The Morgan fingerprint density at radius 2 is 1.45 bits per heavy atom. The van der Waals surface area contributed by atoms with Crippen LogP contribution in [0.5, 0.6) is 0 Å². The Hall–Kier alpha value is -1.68. The van der Waals surface area contributed by atoms with E-state index in [9.17, 15) is 4.39 Å². The number of benzene rings is 1. The zero-order valence-electron chi connectivity index (χ0n) is 19.5. The summed E-state index contributed by atoms with van der Waals surface area (Å²) in [6.45, 7) is 4.48. The summed E-state index contributed by atoms with van der Waals surface area (Å²) in [6.07, 6.45) is 21.5. The fourth-order valence-corrected chi connectivity index (χ4v) is 5.17. The third-order valence-corrected chi connectivity index (χ3v) is 7.18. The van der Waals surface area contributed by atoms with Gasteiger partial charge in [0, 0.05) is 12.4 Å². The topological polar surface area (TPSA) is 17.3 Å². The van der Waals surface area contributed by atoms with Crippen LogP contribution >= 0.6 is 11.3 Å². The van der Waals surface area contributed by atoms with Gasteiger partial charge in [-0.15, -0.1) is 0 Å². The molecule has 0 aliphatic carbocycles. The number of hydrogen-bond donors (Lipinski definition) is 0. The van der Waals surface area contributed by atoms with Crippen LogP contribution in [-0.4, -0.2) is 9.38 Å². The molecule has 2 heterocycles. The van der Waals surface area contributed by atoms with Gasteiger partial charge < -0.3 is 0 Å². The van der Waals surface area contributed by atoms with E-state index in [1.54, 1.807) is 17.4 Å². The molecule has 0 radical (unpaired) electrons. The van der Waals surface area contributed by atoms with E-state index in [0.29, 0.717) is 0 Å². The number of aryl methyl sites for hydroxylation is 2. The molecule has 0 amide bonds. The molecule has 0 fully saturated rings. The zero-order chi connectivity index (χ0) is 21.9. The van der Waals surface area contributed by atoms with E-state index < -0.39 is 0 Å². The highest BCUT2D eigenvalue weighted by molar-refractivity contribution is 7.20. The minimum absolute atomic E-state index is 0.0707. The van der Waals surface area contributed by atoms with Gasteiger partial charge in [0.1, 0.15) is 5.82 Å². The molecular weight excluding hydrogens is 403 g/mol. The molecule has 3 aromatic rings. The number of aromatic nitrogens is 2. The number of rotatable bonds is 15. The minimum atomic E-state index is -0.0707. The predicted molar refractivity (Wildman–Crippen MR) is 133 cm³/mol. The normalized spacial score (nSPS) is 11.6. The average molecular weight is 443 g/mol. The van der Waals surface area contributed by atoms with Gasteiger partial charge in [-0.1, -0.05) is 102 Å².